The van der Waals surface area contributed by atoms with E-state index in [1.165, 1.54) is 17.4 Å². The van der Waals surface area contributed by atoms with Gasteiger partial charge < -0.3 is 9.47 Å². The second-order valence-corrected chi connectivity index (χ2v) is 8.46. The molecule has 0 unspecified atom stereocenters. The first-order valence-electron chi connectivity index (χ1n) is 9.98. The van der Waals surface area contributed by atoms with E-state index in [0.717, 1.165) is 53.1 Å². The third-order valence-electron chi connectivity index (χ3n) is 4.99. The van der Waals surface area contributed by atoms with Crippen LogP contribution in [0.1, 0.15) is 20.3 Å². The SMILES string of the molecule is CCN(CC)CCCn1c(-c2ccccc2Br)csc1=Nc1ccccc1[N+](=O)[O-]. The van der Waals surface area contributed by atoms with Gasteiger partial charge in [0.15, 0.2) is 4.80 Å². The van der Waals surface area contributed by atoms with E-state index >= 15 is 0 Å². The first-order valence-corrected chi connectivity index (χ1v) is 11.7. The van der Waals surface area contributed by atoms with Crippen LogP contribution in [0.3, 0.4) is 0 Å². The summed E-state index contributed by atoms with van der Waals surface area (Å²) in [4.78, 5) is 18.9. The molecule has 30 heavy (non-hydrogen) atoms. The van der Waals surface area contributed by atoms with Gasteiger partial charge in [0.1, 0.15) is 5.69 Å². The molecule has 3 rings (SSSR count). The van der Waals surface area contributed by atoms with E-state index in [1.807, 2.05) is 18.2 Å². The topological polar surface area (TPSA) is 63.7 Å². The van der Waals surface area contributed by atoms with Crippen molar-refractivity contribution in [2.45, 2.75) is 26.8 Å². The maximum absolute atomic E-state index is 11.4. The van der Waals surface area contributed by atoms with E-state index in [-0.39, 0.29) is 10.6 Å². The van der Waals surface area contributed by atoms with Crippen LogP contribution in [0.25, 0.3) is 11.3 Å². The Bertz CT molecular complexity index is 1070. The maximum Gasteiger partial charge on any atom is 0.294 e. The van der Waals surface area contributed by atoms with Crippen molar-refractivity contribution in [2.24, 2.45) is 4.99 Å². The molecule has 0 aliphatic carbocycles. The highest BCUT2D eigenvalue weighted by Crippen LogP contribution is 2.30. The molecule has 6 nitrogen and oxygen atoms in total. The number of rotatable bonds is 9. The Labute approximate surface area is 188 Å². The quantitative estimate of drug-likeness (QED) is 0.280. The highest BCUT2D eigenvalue weighted by Gasteiger charge is 2.14. The zero-order valence-electron chi connectivity index (χ0n) is 17.1. The van der Waals surface area contributed by atoms with E-state index in [4.69, 9.17) is 0 Å². The molecule has 0 amide bonds. The van der Waals surface area contributed by atoms with Crippen molar-refractivity contribution in [3.63, 3.8) is 0 Å². The predicted octanol–water partition coefficient (Wildman–Crippen LogP) is 5.85. The van der Waals surface area contributed by atoms with Crippen LogP contribution in [-0.4, -0.2) is 34.0 Å². The van der Waals surface area contributed by atoms with Gasteiger partial charge in [0.2, 0.25) is 0 Å². The molecule has 0 saturated heterocycles. The molecule has 2 aromatic carbocycles. The fraction of sp³-hybridized carbons (Fsp3) is 0.318. The Kier molecular flexibility index (Phi) is 7.95. The van der Waals surface area contributed by atoms with Gasteiger partial charge in [0, 0.05) is 28.0 Å². The van der Waals surface area contributed by atoms with Gasteiger partial charge in [-0.2, -0.15) is 0 Å². The molecule has 0 bridgehead atoms. The standard InChI is InChI=1S/C22H25BrN4O2S/c1-3-25(4-2)14-9-15-26-21(17-10-5-6-11-18(17)23)16-30-22(26)24-19-12-7-8-13-20(19)27(28)29/h5-8,10-13,16H,3-4,9,14-15H2,1-2H3. The molecule has 0 fully saturated rings. The van der Waals surface area contributed by atoms with Crippen molar-refractivity contribution in [1.29, 1.82) is 0 Å². The summed E-state index contributed by atoms with van der Waals surface area (Å²) in [7, 11) is 0. The van der Waals surface area contributed by atoms with Crippen molar-refractivity contribution < 1.29 is 4.92 Å². The first kappa shape index (κ1) is 22.4. The summed E-state index contributed by atoms with van der Waals surface area (Å²) >= 11 is 5.16. The number of nitro groups is 1. The highest BCUT2D eigenvalue weighted by molar-refractivity contribution is 9.10. The van der Waals surface area contributed by atoms with Crippen LogP contribution in [0.5, 0.6) is 0 Å². The zero-order chi connectivity index (χ0) is 21.5. The highest BCUT2D eigenvalue weighted by atomic mass is 79.9. The molecule has 0 atom stereocenters. The molecular formula is C22H25BrN4O2S. The summed E-state index contributed by atoms with van der Waals surface area (Å²) in [5.41, 5.74) is 2.54. The first-order chi connectivity index (χ1) is 14.5. The van der Waals surface area contributed by atoms with Gasteiger partial charge in [0.25, 0.3) is 5.69 Å². The summed E-state index contributed by atoms with van der Waals surface area (Å²) < 4.78 is 3.18. The fourth-order valence-electron chi connectivity index (χ4n) is 3.33. The lowest BCUT2D eigenvalue weighted by Crippen LogP contribution is -2.26. The van der Waals surface area contributed by atoms with E-state index < -0.39 is 0 Å². The average Bonchev–Trinajstić information content (AvgIpc) is 3.14. The predicted molar refractivity (Wildman–Crippen MR) is 126 cm³/mol. The smallest absolute Gasteiger partial charge is 0.294 e. The molecule has 0 aliphatic heterocycles. The molecule has 8 heteroatoms. The number of halogens is 1. The van der Waals surface area contributed by atoms with Gasteiger partial charge in [-0.1, -0.05) is 60.1 Å². The zero-order valence-corrected chi connectivity index (χ0v) is 19.5. The number of aromatic nitrogens is 1. The minimum absolute atomic E-state index is 0.0167. The number of benzene rings is 2. The van der Waals surface area contributed by atoms with Crippen LogP contribution in [0.2, 0.25) is 0 Å². The summed E-state index contributed by atoms with van der Waals surface area (Å²) in [6, 6.07) is 14.7. The summed E-state index contributed by atoms with van der Waals surface area (Å²) in [6.45, 7) is 8.17. The van der Waals surface area contributed by atoms with E-state index in [2.05, 4.69) is 55.7 Å². The number of nitrogens with zero attached hydrogens (tertiary/aromatic N) is 4. The van der Waals surface area contributed by atoms with E-state index in [9.17, 15) is 10.1 Å². The lowest BCUT2D eigenvalue weighted by molar-refractivity contribution is -0.384. The lowest BCUT2D eigenvalue weighted by atomic mass is 10.2. The average molecular weight is 489 g/mol. The third kappa shape index (κ3) is 5.24. The second kappa shape index (κ2) is 10.7. The Morgan fingerprint density at radius 3 is 2.53 bits per heavy atom. The second-order valence-electron chi connectivity index (χ2n) is 6.77. The Hall–Kier alpha value is -2.29. The van der Waals surface area contributed by atoms with Crippen LogP contribution in [0.4, 0.5) is 11.4 Å². The van der Waals surface area contributed by atoms with Gasteiger partial charge in [-0.3, -0.25) is 10.1 Å². The summed E-state index contributed by atoms with van der Waals surface area (Å²) in [5, 5.41) is 13.5. The van der Waals surface area contributed by atoms with E-state index in [0.29, 0.717) is 5.69 Å². The maximum atomic E-state index is 11.4. The monoisotopic (exact) mass is 488 g/mol. The van der Waals surface area contributed by atoms with Crippen molar-refractivity contribution >= 4 is 38.6 Å². The lowest BCUT2D eigenvalue weighted by Gasteiger charge is -2.18. The molecule has 1 aromatic heterocycles. The van der Waals surface area contributed by atoms with Gasteiger partial charge in [-0.25, -0.2) is 4.99 Å². The van der Waals surface area contributed by atoms with Crippen LogP contribution >= 0.6 is 27.3 Å². The number of hydrogen-bond acceptors (Lipinski definition) is 5. The van der Waals surface area contributed by atoms with Crippen molar-refractivity contribution in [2.75, 3.05) is 19.6 Å². The van der Waals surface area contributed by atoms with Crippen LogP contribution < -0.4 is 4.80 Å². The normalized spacial score (nSPS) is 11.9. The van der Waals surface area contributed by atoms with Crippen molar-refractivity contribution in [3.05, 3.63) is 73.3 Å². The summed E-state index contributed by atoms with van der Waals surface area (Å²) in [6.07, 6.45) is 0.972. The summed E-state index contributed by atoms with van der Waals surface area (Å²) in [5.74, 6) is 0. The molecule has 0 aliphatic rings. The number of nitro benzene ring substituents is 1. The minimum Gasteiger partial charge on any atom is -0.316 e. The molecule has 0 spiro atoms. The Morgan fingerprint density at radius 1 is 1.13 bits per heavy atom. The molecule has 158 valence electrons. The molecule has 0 N–H and O–H groups in total. The van der Waals surface area contributed by atoms with E-state index in [1.54, 1.807) is 18.2 Å². The van der Waals surface area contributed by atoms with Gasteiger partial charge >= 0.3 is 0 Å². The van der Waals surface area contributed by atoms with Crippen LogP contribution in [-0.2, 0) is 6.54 Å². The van der Waals surface area contributed by atoms with Gasteiger partial charge in [0.05, 0.1) is 10.6 Å². The third-order valence-corrected chi connectivity index (χ3v) is 6.55. The minimum atomic E-state index is -0.383. The number of para-hydroxylation sites is 2. The fourth-order valence-corrected chi connectivity index (χ4v) is 4.75. The molecule has 1 heterocycles. The Balaban J connectivity index is 2.05. The van der Waals surface area contributed by atoms with Crippen LogP contribution in [0.15, 0.2) is 63.4 Å². The largest absolute Gasteiger partial charge is 0.316 e. The van der Waals surface area contributed by atoms with Gasteiger partial charge in [-0.15, -0.1) is 11.3 Å². The van der Waals surface area contributed by atoms with Crippen molar-refractivity contribution in [3.8, 4) is 11.3 Å². The van der Waals surface area contributed by atoms with Crippen molar-refractivity contribution in [1.82, 2.24) is 9.47 Å². The molecule has 3 aromatic rings. The molecular weight excluding hydrogens is 464 g/mol. The molecule has 0 radical (unpaired) electrons. The molecule has 0 saturated carbocycles. The number of thiazole rings is 1. The Morgan fingerprint density at radius 2 is 1.83 bits per heavy atom. The number of hydrogen-bond donors (Lipinski definition) is 0. The van der Waals surface area contributed by atoms with Gasteiger partial charge in [-0.05, 0) is 38.2 Å². The van der Waals surface area contributed by atoms with Crippen LogP contribution in [0, 0.1) is 10.1 Å².